The molecule has 0 bridgehead atoms. The molecule has 0 aliphatic rings. The number of rotatable bonds is 15. The molecule has 0 saturated heterocycles. The van der Waals surface area contributed by atoms with Crippen molar-refractivity contribution >= 4 is 5.97 Å². The first kappa shape index (κ1) is 22.4. The summed E-state index contributed by atoms with van der Waals surface area (Å²) in [5.74, 6) is -1.23. The van der Waals surface area contributed by atoms with Gasteiger partial charge in [-0.05, 0) is 13.3 Å². The normalized spacial score (nSPS) is 16.7. The highest BCUT2D eigenvalue weighted by atomic mass is 16.4. The molecule has 0 saturated carbocycles. The van der Waals surface area contributed by atoms with E-state index in [0.29, 0.717) is 6.42 Å². The van der Waals surface area contributed by atoms with E-state index in [1.807, 2.05) is 0 Å². The van der Waals surface area contributed by atoms with E-state index < -0.39 is 30.2 Å². The van der Waals surface area contributed by atoms with Gasteiger partial charge in [0.05, 0.1) is 18.6 Å². The lowest BCUT2D eigenvalue weighted by atomic mass is 9.85. The Morgan fingerprint density at radius 1 is 0.913 bits per heavy atom. The van der Waals surface area contributed by atoms with Gasteiger partial charge in [0.15, 0.2) is 0 Å². The van der Waals surface area contributed by atoms with E-state index in [1.165, 1.54) is 51.9 Å². The summed E-state index contributed by atoms with van der Waals surface area (Å²) in [6.45, 7) is 3.52. The first-order chi connectivity index (χ1) is 10.8. The molecule has 138 valence electrons. The predicted molar refractivity (Wildman–Crippen MR) is 91.4 cm³/mol. The molecule has 0 amide bonds. The van der Waals surface area contributed by atoms with Crippen molar-refractivity contribution in [2.75, 3.05) is 0 Å². The van der Waals surface area contributed by atoms with Crippen LogP contribution in [0.25, 0.3) is 0 Å². The lowest BCUT2D eigenvalue weighted by molar-refractivity contribution is -0.168. The fourth-order valence-electron chi connectivity index (χ4n) is 2.86. The Morgan fingerprint density at radius 2 is 1.35 bits per heavy atom. The van der Waals surface area contributed by atoms with Gasteiger partial charge in [0, 0.05) is 0 Å². The molecule has 0 rings (SSSR count). The Kier molecular flexibility index (Phi) is 12.4. The number of carboxylic acid groups (broad SMARTS) is 1. The SMILES string of the molecule is CCCCCCCCCCCCC(O)C(O)(CC(=O)O)C(C)O. The summed E-state index contributed by atoms with van der Waals surface area (Å²) in [5, 5.41) is 38.6. The van der Waals surface area contributed by atoms with Crippen molar-refractivity contribution < 1.29 is 25.2 Å². The molecule has 3 atom stereocenters. The summed E-state index contributed by atoms with van der Waals surface area (Å²) in [6.07, 6.45) is 8.85. The number of carbonyl (C=O) groups is 1. The minimum Gasteiger partial charge on any atom is -0.481 e. The Morgan fingerprint density at radius 3 is 1.74 bits per heavy atom. The van der Waals surface area contributed by atoms with Crippen LogP contribution in [0.3, 0.4) is 0 Å². The van der Waals surface area contributed by atoms with Crippen molar-refractivity contribution in [1.82, 2.24) is 0 Å². The third-order valence-electron chi connectivity index (χ3n) is 4.57. The lowest BCUT2D eigenvalue weighted by Crippen LogP contribution is -2.52. The monoisotopic (exact) mass is 332 g/mol. The van der Waals surface area contributed by atoms with Crippen LogP contribution in [0.4, 0.5) is 0 Å². The Labute approximate surface area is 140 Å². The summed E-state index contributed by atoms with van der Waals surface area (Å²) in [6, 6.07) is 0. The third kappa shape index (κ3) is 9.95. The van der Waals surface area contributed by atoms with E-state index in [0.717, 1.165) is 19.3 Å². The number of hydrogen-bond acceptors (Lipinski definition) is 4. The molecule has 0 fully saturated rings. The molecule has 0 aromatic carbocycles. The Bertz CT molecular complexity index is 306. The van der Waals surface area contributed by atoms with Gasteiger partial charge in [-0.25, -0.2) is 0 Å². The van der Waals surface area contributed by atoms with Crippen molar-refractivity contribution in [2.24, 2.45) is 0 Å². The quantitative estimate of drug-likeness (QED) is 0.345. The average Bonchev–Trinajstić information content (AvgIpc) is 2.47. The van der Waals surface area contributed by atoms with Crippen molar-refractivity contribution in [1.29, 1.82) is 0 Å². The van der Waals surface area contributed by atoms with E-state index >= 15 is 0 Å². The van der Waals surface area contributed by atoms with Gasteiger partial charge in [-0.2, -0.15) is 0 Å². The zero-order valence-electron chi connectivity index (χ0n) is 14.8. The maximum Gasteiger partial charge on any atom is 0.306 e. The lowest BCUT2D eigenvalue weighted by Gasteiger charge is -2.34. The van der Waals surface area contributed by atoms with Crippen LogP contribution in [-0.4, -0.2) is 44.2 Å². The minimum absolute atomic E-state index is 0.311. The maximum absolute atomic E-state index is 10.8. The van der Waals surface area contributed by atoms with Gasteiger partial charge in [0.1, 0.15) is 5.60 Å². The van der Waals surface area contributed by atoms with E-state index in [4.69, 9.17) is 5.11 Å². The third-order valence-corrected chi connectivity index (χ3v) is 4.57. The fraction of sp³-hybridized carbons (Fsp3) is 0.944. The highest BCUT2D eigenvalue weighted by Crippen LogP contribution is 2.25. The zero-order chi connectivity index (χ0) is 17.7. The molecule has 0 radical (unpaired) electrons. The standard InChI is InChI=1S/C18H36O5/c1-3-4-5-6-7-8-9-10-11-12-13-16(20)18(23,15(2)19)14-17(21)22/h15-16,19-20,23H,3-14H2,1-2H3,(H,21,22). The van der Waals surface area contributed by atoms with Gasteiger partial charge in [0.2, 0.25) is 0 Å². The fourth-order valence-corrected chi connectivity index (χ4v) is 2.86. The summed E-state index contributed by atoms with van der Waals surface area (Å²) < 4.78 is 0. The van der Waals surface area contributed by atoms with Gasteiger partial charge >= 0.3 is 5.97 Å². The number of aliphatic hydroxyl groups is 3. The molecular formula is C18H36O5. The molecule has 5 heteroatoms. The maximum atomic E-state index is 10.8. The van der Waals surface area contributed by atoms with Gasteiger partial charge in [-0.1, -0.05) is 71.1 Å². The van der Waals surface area contributed by atoms with Crippen molar-refractivity contribution in [3.8, 4) is 0 Å². The molecule has 0 aromatic rings. The summed E-state index contributed by atoms with van der Waals surface area (Å²) in [5.41, 5.74) is -1.97. The molecule has 0 aliphatic heterocycles. The second kappa shape index (κ2) is 12.7. The highest BCUT2D eigenvalue weighted by molar-refractivity contribution is 5.68. The number of aliphatic hydroxyl groups excluding tert-OH is 2. The molecule has 5 nitrogen and oxygen atoms in total. The molecular weight excluding hydrogens is 296 g/mol. The summed E-state index contributed by atoms with van der Waals surface area (Å²) in [4.78, 5) is 10.8. The van der Waals surface area contributed by atoms with Gasteiger partial charge < -0.3 is 20.4 Å². The van der Waals surface area contributed by atoms with Crippen LogP contribution in [0.2, 0.25) is 0 Å². The van der Waals surface area contributed by atoms with E-state index in [-0.39, 0.29) is 0 Å². The summed E-state index contributed by atoms with van der Waals surface area (Å²) in [7, 11) is 0. The van der Waals surface area contributed by atoms with Crippen LogP contribution in [0.1, 0.15) is 90.9 Å². The minimum atomic E-state index is -1.97. The molecule has 4 N–H and O–H groups in total. The zero-order valence-corrected chi connectivity index (χ0v) is 14.8. The van der Waals surface area contributed by atoms with Crippen molar-refractivity contribution in [2.45, 2.75) is 109 Å². The number of aliphatic carboxylic acids is 1. The topological polar surface area (TPSA) is 98.0 Å². The number of hydrogen-bond donors (Lipinski definition) is 4. The molecule has 23 heavy (non-hydrogen) atoms. The molecule has 0 aliphatic carbocycles. The van der Waals surface area contributed by atoms with Crippen LogP contribution in [-0.2, 0) is 4.79 Å². The number of carboxylic acids is 1. The van der Waals surface area contributed by atoms with Gasteiger partial charge in [-0.15, -0.1) is 0 Å². The van der Waals surface area contributed by atoms with Gasteiger partial charge in [0.25, 0.3) is 0 Å². The van der Waals surface area contributed by atoms with Crippen LogP contribution in [0.15, 0.2) is 0 Å². The highest BCUT2D eigenvalue weighted by Gasteiger charge is 2.42. The first-order valence-electron chi connectivity index (χ1n) is 9.14. The summed E-state index contributed by atoms with van der Waals surface area (Å²) >= 11 is 0. The van der Waals surface area contributed by atoms with E-state index in [1.54, 1.807) is 0 Å². The predicted octanol–water partition coefficient (Wildman–Crippen LogP) is 3.24. The second-order valence-corrected chi connectivity index (χ2v) is 6.72. The second-order valence-electron chi connectivity index (χ2n) is 6.72. The Hall–Kier alpha value is -0.650. The first-order valence-corrected chi connectivity index (χ1v) is 9.14. The smallest absolute Gasteiger partial charge is 0.306 e. The molecule has 3 unspecified atom stereocenters. The molecule has 0 aromatic heterocycles. The van der Waals surface area contributed by atoms with Crippen LogP contribution >= 0.6 is 0 Å². The molecule has 0 heterocycles. The average molecular weight is 332 g/mol. The molecule has 0 spiro atoms. The van der Waals surface area contributed by atoms with Crippen molar-refractivity contribution in [3.63, 3.8) is 0 Å². The van der Waals surface area contributed by atoms with E-state index in [9.17, 15) is 20.1 Å². The largest absolute Gasteiger partial charge is 0.481 e. The number of unbranched alkanes of at least 4 members (excludes halogenated alkanes) is 9. The van der Waals surface area contributed by atoms with Crippen LogP contribution in [0.5, 0.6) is 0 Å². The van der Waals surface area contributed by atoms with Gasteiger partial charge in [-0.3, -0.25) is 4.79 Å². The Balaban J connectivity index is 3.79. The van der Waals surface area contributed by atoms with Crippen LogP contribution < -0.4 is 0 Å². The van der Waals surface area contributed by atoms with E-state index in [2.05, 4.69) is 6.92 Å². The van der Waals surface area contributed by atoms with Crippen LogP contribution in [0, 0.1) is 0 Å². The van der Waals surface area contributed by atoms with Crippen molar-refractivity contribution in [3.05, 3.63) is 0 Å².